The van der Waals surface area contributed by atoms with Crippen molar-refractivity contribution in [1.82, 2.24) is 25.6 Å². The second-order valence-electron chi connectivity index (χ2n) is 3.97. The van der Waals surface area contributed by atoms with Crippen molar-refractivity contribution in [3.63, 3.8) is 0 Å². The van der Waals surface area contributed by atoms with Gasteiger partial charge in [-0.15, -0.1) is 16.4 Å². The predicted molar refractivity (Wildman–Crippen MR) is 76.2 cm³/mol. The number of methoxy groups -OCH3 is 1. The number of amides is 1. The van der Waals surface area contributed by atoms with Crippen LogP contribution in [0, 0.1) is 0 Å². The van der Waals surface area contributed by atoms with Crippen LogP contribution in [0.5, 0.6) is 5.75 Å². The molecule has 0 spiro atoms. The third kappa shape index (κ3) is 2.87. The van der Waals surface area contributed by atoms with Crippen LogP contribution >= 0.6 is 11.3 Å². The molecule has 21 heavy (non-hydrogen) atoms. The Hall–Kier alpha value is -2.81. The SMILES string of the molecule is COc1ccc(-c2nc(NC(=O)c3nnn[nH]3)cs2)cc1. The van der Waals surface area contributed by atoms with E-state index in [1.807, 2.05) is 24.3 Å². The third-order valence-electron chi connectivity index (χ3n) is 2.64. The number of tetrazole rings is 1. The average Bonchev–Trinajstić information content (AvgIpc) is 3.19. The summed E-state index contributed by atoms with van der Waals surface area (Å²) in [6, 6.07) is 7.53. The molecule has 3 rings (SSSR count). The Labute approximate surface area is 123 Å². The molecule has 0 aliphatic rings. The maximum atomic E-state index is 11.8. The lowest BCUT2D eigenvalue weighted by molar-refractivity contribution is 0.101. The summed E-state index contributed by atoms with van der Waals surface area (Å²) in [6.45, 7) is 0. The van der Waals surface area contributed by atoms with E-state index >= 15 is 0 Å². The molecular formula is C12H10N6O2S. The number of anilines is 1. The number of ether oxygens (including phenoxy) is 1. The van der Waals surface area contributed by atoms with Crippen LogP contribution in [0.4, 0.5) is 5.82 Å². The van der Waals surface area contributed by atoms with Crippen LogP contribution in [0.3, 0.4) is 0 Å². The lowest BCUT2D eigenvalue weighted by atomic mass is 10.2. The molecule has 106 valence electrons. The van der Waals surface area contributed by atoms with E-state index in [9.17, 15) is 4.79 Å². The molecule has 0 radical (unpaired) electrons. The normalized spacial score (nSPS) is 10.3. The van der Waals surface area contributed by atoms with E-state index in [-0.39, 0.29) is 5.82 Å². The van der Waals surface area contributed by atoms with Gasteiger partial charge in [0.25, 0.3) is 5.91 Å². The maximum Gasteiger partial charge on any atom is 0.296 e. The first-order valence-electron chi connectivity index (χ1n) is 5.91. The molecule has 0 bridgehead atoms. The number of benzene rings is 1. The zero-order chi connectivity index (χ0) is 14.7. The van der Waals surface area contributed by atoms with Gasteiger partial charge in [0.05, 0.1) is 7.11 Å². The molecule has 0 aliphatic heterocycles. The van der Waals surface area contributed by atoms with Gasteiger partial charge in [-0.25, -0.2) is 10.1 Å². The standard InChI is InChI=1S/C12H10N6O2S/c1-20-8-4-2-7(3-5-8)12-14-9(6-21-12)13-11(19)10-15-17-18-16-10/h2-6H,1H3,(H,13,19)(H,15,16,17,18). The fourth-order valence-corrected chi connectivity index (χ4v) is 2.39. The number of thiazole rings is 1. The second kappa shape index (κ2) is 5.67. The summed E-state index contributed by atoms with van der Waals surface area (Å²) in [6.07, 6.45) is 0. The molecule has 2 aromatic heterocycles. The summed E-state index contributed by atoms with van der Waals surface area (Å²) in [5.41, 5.74) is 0.947. The third-order valence-corrected chi connectivity index (χ3v) is 3.53. The van der Waals surface area contributed by atoms with Crippen LogP contribution in [0.2, 0.25) is 0 Å². The van der Waals surface area contributed by atoms with Crippen LogP contribution in [-0.2, 0) is 0 Å². The summed E-state index contributed by atoms with van der Waals surface area (Å²) in [4.78, 5) is 16.1. The first-order chi connectivity index (χ1) is 10.3. The van der Waals surface area contributed by atoms with Crippen molar-refractivity contribution in [2.45, 2.75) is 0 Å². The van der Waals surface area contributed by atoms with Gasteiger partial charge in [-0.2, -0.15) is 0 Å². The molecule has 0 aliphatic carbocycles. The molecule has 2 N–H and O–H groups in total. The summed E-state index contributed by atoms with van der Waals surface area (Å²) in [5, 5.41) is 17.8. The van der Waals surface area contributed by atoms with Gasteiger partial charge in [-0.3, -0.25) is 4.79 Å². The number of hydrogen-bond acceptors (Lipinski definition) is 7. The molecule has 0 fully saturated rings. The highest BCUT2D eigenvalue weighted by atomic mass is 32.1. The number of hydrogen-bond donors (Lipinski definition) is 2. The van der Waals surface area contributed by atoms with Gasteiger partial charge < -0.3 is 10.1 Å². The van der Waals surface area contributed by atoms with Gasteiger partial charge >= 0.3 is 0 Å². The van der Waals surface area contributed by atoms with Crippen LogP contribution in [-0.4, -0.2) is 38.6 Å². The minimum atomic E-state index is -0.438. The van der Waals surface area contributed by atoms with E-state index in [0.29, 0.717) is 5.82 Å². The lowest BCUT2D eigenvalue weighted by Gasteiger charge is -2.00. The van der Waals surface area contributed by atoms with Crippen LogP contribution in [0.1, 0.15) is 10.6 Å². The molecule has 9 heteroatoms. The number of H-pyrrole nitrogens is 1. The van der Waals surface area contributed by atoms with E-state index in [1.165, 1.54) is 11.3 Å². The van der Waals surface area contributed by atoms with E-state index < -0.39 is 5.91 Å². The highest BCUT2D eigenvalue weighted by Gasteiger charge is 2.12. The Bertz CT molecular complexity index is 737. The summed E-state index contributed by atoms with van der Waals surface area (Å²) < 4.78 is 5.11. The number of rotatable bonds is 4. The van der Waals surface area contributed by atoms with E-state index in [4.69, 9.17) is 4.74 Å². The van der Waals surface area contributed by atoms with Crippen molar-refractivity contribution in [2.24, 2.45) is 0 Å². The smallest absolute Gasteiger partial charge is 0.296 e. The zero-order valence-electron chi connectivity index (χ0n) is 10.9. The van der Waals surface area contributed by atoms with Crippen molar-refractivity contribution in [3.05, 3.63) is 35.5 Å². The van der Waals surface area contributed by atoms with Gasteiger partial charge in [-0.05, 0) is 34.7 Å². The Morgan fingerprint density at radius 1 is 1.33 bits per heavy atom. The van der Waals surface area contributed by atoms with Crippen molar-refractivity contribution < 1.29 is 9.53 Å². The van der Waals surface area contributed by atoms with Crippen LogP contribution < -0.4 is 10.1 Å². The average molecular weight is 302 g/mol. The predicted octanol–water partition coefficient (Wildman–Crippen LogP) is 1.58. The largest absolute Gasteiger partial charge is 0.497 e. The molecular weight excluding hydrogens is 292 g/mol. The fraction of sp³-hybridized carbons (Fsp3) is 0.0833. The number of nitrogens with one attached hydrogen (secondary N) is 2. The molecule has 2 heterocycles. The summed E-state index contributed by atoms with van der Waals surface area (Å²) in [7, 11) is 1.62. The topological polar surface area (TPSA) is 106 Å². The van der Waals surface area contributed by atoms with Crippen LogP contribution in [0.15, 0.2) is 29.6 Å². The fourth-order valence-electron chi connectivity index (χ4n) is 1.63. The molecule has 0 atom stereocenters. The highest BCUT2D eigenvalue weighted by molar-refractivity contribution is 7.13. The van der Waals surface area contributed by atoms with Gasteiger partial charge in [0, 0.05) is 10.9 Å². The maximum absolute atomic E-state index is 11.8. The second-order valence-corrected chi connectivity index (χ2v) is 4.83. The lowest BCUT2D eigenvalue weighted by Crippen LogP contribution is -2.14. The van der Waals surface area contributed by atoms with E-state index in [0.717, 1.165) is 16.3 Å². The minimum absolute atomic E-state index is 0.0361. The first kappa shape index (κ1) is 13.2. The molecule has 0 unspecified atom stereocenters. The summed E-state index contributed by atoms with van der Waals surface area (Å²) in [5.74, 6) is 0.828. The number of aromatic nitrogens is 5. The summed E-state index contributed by atoms with van der Waals surface area (Å²) >= 11 is 1.43. The molecule has 3 aromatic rings. The van der Waals surface area contributed by atoms with Gasteiger partial charge in [0.15, 0.2) is 0 Å². The van der Waals surface area contributed by atoms with Crippen molar-refractivity contribution in [1.29, 1.82) is 0 Å². The van der Waals surface area contributed by atoms with Gasteiger partial charge in [0.2, 0.25) is 5.82 Å². The first-order valence-corrected chi connectivity index (χ1v) is 6.79. The molecule has 0 saturated heterocycles. The van der Waals surface area contributed by atoms with Crippen molar-refractivity contribution in [2.75, 3.05) is 12.4 Å². The molecule has 1 aromatic carbocycles. The highest BCUT2D eigenvalue weighted by Crippen LogP contribution is 2.27. The molecule has 0 saturated carbocycles. The minimum Gasteiger partial charge on any atom is -0.497 e. The Morgan fingerprint density at radius 2 is 2.14 bits per heavy atom. The van der Waals surface area contributed by atoms with Gasteiger partial charge in [0.1, 0.15) is 16.6 Å². The Balaban J connectivity index is 1.75. The van der Waals surface area contributed by atoms with Crippen LogP contribution in [0.25, 0.3) is 10.6 Å². The Kier molecular flexibility index (Phi) is 3.56. The van der Waals surface area contributed by atoms with E-state index in [1.54, 1.807) is 12.5 Å². The Morgan fingerprint density at radius 3 is 2.81 bits per heavy atom. The zero-order valence-corrected chi connectivity index (χ0v) is 11.7. The number of aromatic amines is 1. The molecule has 8 nitrogen and oxygen atoms in total. The quantitative estimate of drug-likeness (QED) is 0.758. The van der Waals surface area contributed by atoms with Crippen molar-refractivity contribution in [3.8, 4) is 16.3 Å². The van der Waals surface area contributed by atoms with Gasteiger partial charge in [-0.1, -0.05) is 0 Å². The number of nitrogens with zero attached hydrogens (tertiary/aromatic N) is 4. The number of carbonyl (C=O) groups excluding carboxylic acids is 1. The van der Waals surface area contributed by atoms with E-state index in [2.05, 4.69) is 30.9 Å². The van der Waals surface area contributed by atoms with Crippen molar-refractivity contribution >= 4 is 23.1 Å². The molecule has 1 amide bonds. The monoisotopic (exact) mass is 302 g/mol. The number of carbonyl (C=O) groups is 1.